The van der Waals surface area contributed by atoms with Crippen molar-refractivity contribution in [3.05, 3.63) is 38.9 Å². The second-order valence-corrected chi connectivity index (χ2v) is 9.47. The maximum absolute atomic E-state index is 12.4. The zero-order valence-corrected chi connectivity index (χ0v) is 17.1. The zero-order valence-electron chi connectivity index (χ0n) is 16.4. The number of halogens is 1. The molecule has 0 aliphatic heterocycles. The molecule has 4 bridgehead atoms. The van der Waals surface area contributed by atoms with E-state index in [1.807, 2.05) is 0 Å². The Morgan fingerprint density at radius 3 is 2.38 bits per heavy atom. The van der Waals surface area contributed by atoms with Crippen LogP contribution in [-0.2, 0) is 9.53 Å². The van der Waals surface area contributed by atoms with E-state index in [2.05, 4.69) is 12.2 Å². The van der Waals surface area contributed by atoms with Gasteiger partial charge < -0.3 is 10.1 Å². The van der Waals surface area contributed by atoms with Crippen molar-refractivity contribution in [1.82, 2.24) is 5.32 Å². The molecule has 7 nitrogen and oxygen atoms in total. The lowest BCUT2D eigenvalue weighted by Gasteiger charge is -2.59. The van der Waals surface area contributed by atoms with Crippen LogP contribution >= 0.6 is 11.6 Å². The molecule has 1 amide bonds. The summed E-state index contributed by atoms with van der Waals surface area (Å²) in [5.74, 6) is 1.15. The minimum atomic E-state index is -0.851. The summed E-state index contributed by atoms with van der Waals surface area (Å²) >= 11 is 5.95. The molecule has 8 heteroatoms. The molecule has 0 aromatic heterocycles. The quantitative estimate of drug-likeness (QED) is 0.424. The SMILES string of the molecule is C[C@H](NC(=O)COC(=O)c1cc([N+](=O)[O-])ccc1Cl)C12CC3CC(CC(C3)C1)C2. The summed E-state index contributed by atoms with van der Waals surface area (Å²) in [7, 11) is 0. The molecule has 4 saturated carbocycles. The molecule has 1 atom stereocenters. The summed E-state index contributed by atoms with van der Waals surface area (Å²) in [6, 6.07) is 3.56. The van der Waals surface area contributed by atoms with Crippen molar-refractivity contribution in [3.8, 4) is 0 Å². The number of non-ortho nitro benzene ring substituents is 1. The van der Waals surface area contributed by atoms with Gasteiger partial charge in [0.1, 0.15) is 0 Å². The van der Waals surface area contributed by atoms with Crippen LogP contribution in [0.25, 0.3) is 0 Å². The molecule has 1 aromatic carbocycles. The largest absolute Gasteiger partial charge is 0.452 e. The summed E-state index contributed by atoms with van der Waals surface area (Å²) in [6.07, 6.45) is 7.51. The molecule has 4 aliphatic rings. The highest BCUT2D eigenvalue weighted by atomic mass is 35.5. The number of nitro benzene ring substituents is 1. The highest BCUT2D eigenvalue weighted by Crippen LogP contribution is 2.61. The van der Waals surface area contributed by atoms with Gasteiger partial charge in [-0.15, -0.1) is 0 Å². The Bertz CT molecular complexity index is 820. The highest BCUT2D eigenvalue weighted by molar-refractivity contribution is 6.33. The van der Waals surface area contributed by atoms with Crippen LogP contribution in [0.5, 0.6) is 0 Å². The predicted molar refractivity (Wildman–Crippen MR) is 107 cm³/mol. The normalized spacial score (nSPS) is 30.6. The summed E-state index contributed by atoms with van der Waals surface area (Å²) in [6.45, 7) is 1.62. The van der Waals surface area contributed by atoms with Gasteiger partial charge in [0.05, 0.1) is 15.5 Å². The average molecular weight is 421 g/mol. The summed E-state index contributed by atoms with van der Waals surface area (Å²) in [5.41, 5.74) is -0.221. The van der Waals surface area contributed by atoms with Crippen molar-refractivity contribution >= 4 is 29.2 Å². The van der Waals surface area contributed by atoms with E-state index in [0.717, 1.165) is 23.8 Å². The maximum Gasteiger partial charge on any atom is 0.340 e. The van der Waals surface area contributed by atoms with Gasteiger partial charge >= 0.3 is 5.97 Å². The number of nitro groups is 1. The predicted octanol–water partition coefficient (Wildman–Crippen LogP) is 4.13. The standard InChI is InChI=1S/C21H25ClN2O5/c1-12(21-8-13-4-14(9-21)6-15(5-13)10-21)23-19(25)11-29-20(26)17-7-16(24(27)28)2-3-18(17)22/h2-3,7,12-15H,4-6,8-11H2,1H3,(H,23,25)/t12-,13?,14?,15?,21?/m0/s1. The third kappa shape index (κ3) is 3.97. The molecule has 5 rings (SSSR count). The first-order chi connectivity index (χ1) is 13.8. The number of carbonyl (C=O) groups is 2. The van der Waals surface area contributed by atoms with E-state index in [-0.39, 0.29) is 33.6 Å². The van der Waals surface area contributed by atoms with Crippen LogP contribution in [0.4, 0.5) is 5.69 Å². The van der Waals surface area contributed by atoms with Gasteiger partial charge in [-0.05, 0) is 74.7 Å². The molecule has 1 aromatic rings. The van der Waals surface area contributed by atoms with E-state index in [0.29, 0.717) is 0 Å². The molecule has 156 valence electrons. The lowest BCUT2D eigenvalue weighted by Crippen LogP contribution is -2.56. The second-order valence-electron chi connectivity index (χ2n) is 9.07. The molecule has 0 unspecified atom stereocenters. The van der Waals surface area contributed by atoms with Gasteiger partial charge in [-0.25, -0.2) is 4.79 Å². The van der Waals surface area contributed by atoms with Crippen LogP contribution in [0.2, 0.25) is 5.02 Å². The van der Waals surface area contributed by atoms with Crippen molar-refractivity contribution < 1.29 is 19.2 Å². The lowest BCUT2D eigenvalue weighted by atomic mass is 9.48. The molecule has 1 N–H and O–H groups in total. The molecular weight excluding hydrogens is 396 g/mol. The van der Waals surface area contributed by atoms with E-state index in [4.69, 9.17) is 16.3 Å². The van der Waals surface area contributed by atoms with Crippen LogP contribution in [0.15, 0.2) is 18.2 Å². The summed E-state index contributed by atoms with van der Waals surface area (Å²) in [4.78, 5) is 34.9. The molecule has 4 fully saturated rings. The zero-order chi connectivity index (χ0) is 20.8. The number of rotatable bonds is 6. The number of benzene rings is 1. The van der Waals surface area contributed by atoms with Crippen molar-refractivity contribution in [2.75, 3.05) is 6.61 Å². The Balaban J connectivity index is 1.34. The fraction of sp³-hybridized carbons (Fsp3) is 0.619. The second kappa shape index (κ2) is 7.59. The Morgan fingerprint density at radius 2 is 1.83 bits per heavy atom. The minimum absolute atomic E-state index is 0.0310. The third-order valence-corrected chi connectivity index (χ3v) is 7.43. The molecule has 0 heterocycles. The van der Waals surface area contributed by atoms with E-state index >= 15 is 0 Å². The maximum atomic E-state index is 12.4. The molecule has 0 spiro atoms. The van der Waals surface area contributed by atoms with Crippen LogP contribution in [0.1, 0.15) is 55.8 Å². The molecular formula is C21H25ClN2O5. The van der Waals surface area contributed by atoms with Gasteiger partial charge in [0.25, 0.3) is 11.6 Å². The van der Waals surface area contributed by atoms with E-state index in [1.165, 1.54) is 50.7 Å². The van der Waals surface area contributed by atoms with Crippen LogP contribution in [-0.4, -0.2) is 29.4 Å². The van der Waals surface area contributed by atoms with E-state index in [9.17, 15) is 19.7 Å². The number of carbonyl (C=O) groups excluding carboxylic acids is 2. The average Bonchev–Trinajstić information content (AvgIpc) is 2.65. The molecule has 0 saturated heterocycles. The fourth-order valence-electron chi connectivity index (χ4n) is 6.14. The van der Waals surface area contributed by atoms with Gasteiger partial charge in [-0.2, -0.15) is 0 Å². The summed E-state index contributed by atoms with van der Waals surface area (Å²) in [5, 5.41) is 14.0. The number of nitrogens with zero attached hydrogens (tertiary/aromatic N) is 1. The Kier molecular flexibility index (Phi) is 5.27. The molecule has 29 heavy (non-hydrogen) atoms. The van der Waals surface area contributed by atoms with Gasteiger partial charge in [-0.3, -0.25) is 14.9 Å². The van der Waals surface area contributed by atoms with Gasteiger partial charge in [0.2, 0.25) is 0 Å². The third-order valence-electron chi connectivity index (χ3n) is 7.10. The van der Waals surface area contributed by atoms with Crippen LogP contribution in [0.3, 0.4) is 0 Å². The van der Waals surface area contributed by atoms with Gasteiger partial charge in [0, 0.05) is 18.2 Å². The first kappa shape index (κ1) is 20.1. The Morgan fingerprint density at radius 1 is 1.24 bits per heavy atom. The van der Waals surface area contributed by atoms with Crippen LogP contribution < -0.4 is 5.32 Å². The van der Waals surface area contributed by atoms with Crippen molar-refractivity contribution in [3.63, 3.8) is 0 Å². The first-order valence-electron chi connectivity index (χ1n) is 10.2. The van der Waals surface area contributed by atoms with Crippen molar-refractivity contribution in [2.45, 2.75) is 51.5 Å². The molecule has 0 radical (unpaired) electrons. The minimum Gasteiger partial charge on any atom is -0.452 e. The van der Waals surface area contributed by atoms with Gasteiger partial charge in [-0.1, -0.05) is 11.6 Å². The molecule has 4 aliphatic carbocycles. The fourth-order valence-corrected chi connectivity index (χ4v) is 6.33. The number of hydrogen-bond acceptors (Lipinski definition) is 5. The summed E-state index contributed by atoms with van der Waals surface area (Å²) < 4.78 is 5.07. The van der Waals surface area contributed by atoms with Crippen molar-refractivity contribution in [2.24, 2.45) is 23.2 Å². The van der Waals surface area contributed by atoms with Gasteiger partial charge in [0.15, 0.2) is 6.61 Å². The number of hydrogen-bond donors (Lipinski definition) is 1. The van der Waals surface area contributed by atoms with E-state index in [1.54, 1.807) is 0 Å². The van der Waals surface area contributed by atoms with Crippen molar-refractivity contribution in [1.29, 1.82) is 0 Å². The number of ether oxygens (including phenoxy) is 1. The Labute approximate surface area is 174 Å². The Hall–Kier alpha value is -2.15. The van der Waals surface area contributed by atoms with Crippen LogP contribution in [0, 0.1) is 33.3 Å². The highest BCUT2D eigenvalue weighted by Gasteiger charge is 2.53. The first-order valence-corrected chi connectivity index (χ1v) is 10.5. The number of nitrogens with one attached hydrogen (secondary N) is 1. The number of esters is 1. The monoisotopic (exact) mass is 420 g/mol. The smallest absolute Gasteiger partial charge is 0.340 e. The van der Waals surface area contributed by atoms with E-state index < -0.39 is 17.5 Å². The lowest BCUT2D eigenvalue weighted by molar-refractivity contribution is -0.384. The topological polar surface area (TPSA) is 98.5 Å². The number of amides is 1.